The summed E-state index contributed by atoms with van der Waals surface area (Å²) >= 11 is 0. The first kappa shape index (κ1) is 10.8. The molecule has 0 aliphatic carbocycles. The maximum Gasteiger partial charge on any atom is 0.251 e. The molecule has 0 saturated carbocycles. The highest BCUT2D eigenvalue weighted by Crippen LogP contribution is 2.33. The van der Waals surface area contributed by atoms with Crippen molar-refractivity contribution in [2.45, 2.75) is 13.0 Å². The number of aromatic nitrogens is 2. The van der Waals surface area contributed by atoms with E-state index in [0.717, 1.165) is 22.5 Å². The maximum atomic E-state index is 12.0. The van der Waals surface area contributed by atoms with E-state index in [1.807, 2.05) is 38.4 Å². The number of hydrogen-bond acceptors (Lipinski definition) is 3. The zero-order chi connectivity index (χ0) is 12.7. The SMILES string of the molecule is Cc1ccc2c(c1)C(Nc1cnn(C)c1)C(=O)N2. The van der Waals surface area contributed by atoms with E-state index in [1.165, 1.54) is 0 Å². The molecule has 5 nitrogen and oxygen atoms in total. The molecule has 0 spiro atoms. The van der Waals surface area contributed by atoms with Crippen molar-refractivity contribution >= 4 is 17.3 Å². The lowest BCUT2D eigenvalue weighted by atomic mass is 10.1. The molecule has 2 N–H and O–H groups in total. The number of nitrogens with zero attached hydrogens (tertiary/aromatic N) is 2. The Morgan fingerprint density at radius 2 is 2.28 bits per heavy atom. The van der Waals surface area contributed by atoms with Crippen molar-refractivity contribution in [2.75, 3.05) is 10.6 Å². The van der Waals surface area contributed by atoms with Gasteiger partial charge >= 0.3 is 0 Å². The van der Waals surface area contributed by atoms with Crippen molar-refractivity contribution in [1.82, 2.24) is 9.78 Å². The van der Waals surface area contributed by atoms with Gasteiger partial charge in [0, 0.05) is 24.5 Å². The van der Waals surface area contributed by atoms with Crippen LogP contribution in [0.1, 0.15) is 17.2 Å². The van der Waals surface area contributed by atoms with Crippen molar-refractivity contribution < 1.29 is 4.79 Å². The number of nitrogens with one attached hydrogen (secondary N) is 2. The minimum Gasteiger partial charge on any atom is -0.367 e. The summed E-state index contributed by atoms with van der Waals surface area (Å²) in [4.78, 5) is 12.0. The van der Waals surface area contributed by atoms with E-state index < -0.39 is 0 Å². The molecule has 2 aromatic rings. The summed E-state index contributed by atoms with van der Waals surface area (Å²) in [5, 5.41) is 10.2. The predicted octanol–water partition coefficient (Wildman–Crippen LogP) is 1.83. The summed E-state index contributed by atoms with van der Waals surface area (Å²) in [6.07, 6.45) is 3.56. The smallest absolute Gasteiger partial charge is 0.251 e. The van der Waals surface area contributed by atoms with Crippen LogP contribution < -0.4 is 10.6 Å². The fraction of sp³-hybridized carbons (Fsp3) is 0.231. The number of aryl methyl sites for hydroxylation is 2. The number of hydrogen-bond donors (Lipinski definition) is 2. The first-order valence-electron chi connectivity index (χ1n) is 5.80. The van der Waals surface area contributed by atoms with Gasteiger partial charge in [-0.1, -0.05) is 17.7 Å². The Bertz CT molecular complexity index is 617. The lowest BCUT2D eigenvalue weighted by molar-refractivity contribution is -0.116. The van der Waals surface area contributed by atoms with Crippen molar-refractivity contribution in [3.05, 3.63) is 41.7 Å². The number of fused-ring (bicyclic) bond motifs is 1. The number of benzene rings is 1. The Balaban J connectivity index is 1.93. The molecule has 1 atom stereocenters. The molecule has 1 aromatic carbocycles. The number of amides is 1. The molecule has 0 fully saturated rings. The molecule has 1 unspecified atom stereocenters. The molecular weight excluding hydrogens is 228 g/mol. The van der Waals surface area contributed by atoms with Gasteiger partial charge in [-0.2, -0.15) is 5.10 Å². The molecule has 3 rings (SSSR count). The summed E-state index contributed by atoms with van der Waals surface area (Å²) < 4.78 is 1.70. The Hall–Kier alpha value is -2.30. The van der Waals surface area contributed by atoms with E-state index >= 15 is 0 Å². The topological polar surface area (TPSA) is 59.0 Å². The normalized spacial score (nSPS) is 17.4. The highest BCUT2D eigenvalue weighted by Gasteiger charge is 2.30. The van der Waals surface area contributed by atoms with Crippen LogP contribution >= 0.6 is 0 Å². The summed E-state index contributed by atoms with van der Waals surface area (Å²) in [7, 11) is 1.85. The third-order valence-corrected chi connectivity index (χ3v) is 3.05. The molecular formula is C13H14N4O. The summed E-state index contributed by atoms with van der Waals surface area (Å²) in [6, 6.07) is 5.62. The lowest BCUT2D eigenvalue weighted by Crippen LogP contribution is -2.19. The zero-order valence-corrected chi connectivity index (χ0v) is 10.3. The summed E-state index contributed by atoms with van der Waals surface area (Å²) in [5.41, 5.74) is 3.85. The highest BCUT2D eigenvalue weighted by atomic mass is 16.2. The molecule has 1 amide bonds. The van der Waals surface area contributed by atoms with Gasteiger partial charge in [-0.15, -0.1) is 0 Å². The van der Waals surface area contributed by atoms with Crippen molar-refractivity contribution in [3.63, 3.8) is 0 Å². The van der Waals surface area contributed by atoms with E-state index in [9.17, 15) is 4.79 Å². The third-order valence-electron chi connectivity index (χ3n) is 3.05. The van der Waals surface area contributed by atoms with E-state index in [2.05, 4.69) is 15.7 Å². The standard InChI is InChI=1S/C13H14N4O/c1-8-3-4-11-10(5-8)12(13(18)16-11)15-9-6-14-17(2)7-9/h3-7,12,15H,1-2H3,(H,16,18). The van der Waals surface area contributed by atoms with Crippen LogP contribution in [0.2, 0.25) is 0 Å². The molecule has 0 radical (unpaired) electrons. The molecule has 18 heavy (non-hydrogen) atoms. The second-order valence-corrected chi connectivity index (χ2v) is 4.56. The first-order valence-corrected chi connectivity index (χ1v) is 5.80. The second-order valence-electron chi connectivity index (χ2n) is 4.56. The number of carbonyl (C=O) groups is 1. The number of rotatable bonds is 2. The quantitative estimate of drug-likeness (QED) is 0.844. The van der Waals surface area contributed by atoms with Crippen molar-refractivity contribution in [2.24, 2.45) is 7.05 Å². The van der Waals surface area contributed by atoms with E-state index in [0.29, 0.717) is 0 Å². The molecule has 0 saturated heterocycles. The number of anilines is 2. The van der Waals surface area contributed by atoms with Crippen LogP contribution in [-0.2, 0) is 11.8 Å². The Labute approximate surface area is 105 Å². The monoisotopic (exact) mass is 242 g/mol. The average Bonchev–Trinajstić information content (AvgIpc) is 2.86. The zero-order valence-electron chi connectivity index (χ0n) is 10.3. The lowest BCUT2D eigenvalue weighted by Gasteiger charge is -2.11. The minimum absolute atomic E-state index is 0.0283. The van der Waals surface area contributed by atoms with E-state index in [-0.39, 0.29) is 11.9 Å². The van der Waals surface area contributed by atoms with Gasteiger partial charge in [0.2, 0.25) is 0 Å². The van der Waals surface area contributed by atoms with Crippen molar-refractivity contribution in [3.8, 4) is 0 Å². The molecule has 92 valence electrons. The van der Waals surface area contributed by atoms with Crippen LogP contribution in [-0.4, -0.2) is 15.7 Å². The van der Waals surface area contributed by atoms with Gasteiger partial charge in [0.1, 0.15) is 6.04 Å². The fourth-order valence-electron chi connectivity index (χ4n) is 2.19. The molecule has 1 aliphatic rings. The molecule has 5 heteroatoms. The van der Waals surface area contributed by atoms with Gasteiger partial charge in [0.25, 0.3) is 5.91 Å². The van der Waals surface area contributed by atoms with E-state index in [4.69, 9.17) is 0 Å². The van der Waals surface area contributed by atoms with Crippen LogP contribution in [0.4, 0.5) is 11.4 Å². The highest BCUT2D eigenvalue weighted by molar-refractivity contribution is 6.04. The van der Waals surface area contributed by atoms with Gasteiger partial charge < -0.3 is 10.6 Å². The first-order chi connectivity index (χ1) is 8.63. The van der Waals surface area contributed by atoms with Crippen LogP contribution in [0.15, 0.2) is 30.6 Å². The summed E-state index contributed by atoms with van der Waals surface area (Å²) in [5.74, 6) is -0.0283. The Kier molecular flexibility index (Phi) is 2.33. The van der Waals surface area contributed by atoms with Gasteiger partial charge in [0.15, 0.2) is 0 Å². The van der Waals surface area contributed by atoms with Gasteiger partial charge in [-0.05, 0) is 13.0 Å². The van der Waals surface area contributed by atoms with Crippen LogP contribution in [0.3, 0.4) is 0 Å². The Morgan fingerprint density at radius 1 is 1.44 bits per heavy atom. The molecule has 1 aromatic heterocycles. The summed E-state index contributed by atoms with van der Waals surface area (Å²) in [6.45, 7) is 2.02. The fourth-order valence-corrected chi connectivity index (χ4v) is 2.19. The van der Waals surface area contributed by atoms with Gasteiger partial charge in [-0.3, -0.25) is 9.48 Å². The molecule has 0 bridgehead atoms. The predicted molar refractivity (Wildman–Crippen MR) is 69.4 cm³/mol. The average molecular weight is 242 g/mol. The Morgan fingerprint density at radius 3 is 3.00 bits per heavy atom. The molecule has 2 heterocycles. The van der Waals surface area contributed by atoms with Crippen LogP contribution in [0, 0.1) is 6.92 Å². The van der Waals surface area contributed by atoms with Crippen LogP contribution in [0.25, 0.3) is 0 Å². The minimum atomic E-state index is -0.343. The largest absolute Gasteiger partial charge is 0.367 e. The van der Waals surface area contributed by atoms with E-state index in [1.54, 1.807) is 10.9 Å². The third kappa shape index (κ3) is 1.73. The van der Waals surface area contributed by atoms with Crippen LogP contribution in [0.5, 0.6) is 0 Å². The van der Waals surface area contributed by atoms with Gasteiger partial charge in [-0.25, -0.2) is 0 Å². The second kappa shape index (κ2) is 3.87. The van der Waals surface area contributed by atoms with Crippen molar-refractivity contribution in [1.29, 1.82) is 0 Å². The molecule has 1 aliphatic heterocycles. The maximum absolute atomic E-state index is 12.0. The number of carbonyl (C=O) groups excluding carboxylic acids is 1. The van der Waals surface area contributed by atoms with Gasteiger partial charge in [0.05, 0.1) is 11.9 Å².